The highest BCUT2D eigenvalue weighted by atomic mass is 35.5. The van der Waals surface area contributed by atoms with Crippen LogP contribution in [0.3, 0.4) is 0 Å². The van der Waals surface area contributed by atoms with Crippen molar-refractivity contribution in [3.05, 3.63) is 117 Å². The summed E-state index contributed by atoms with van der Waals surface area (Å²) >= 11 is 6.24. The second-order valence-electron chi connectivity index (χ2n) is 10.0. The van der Waals surface area contributed by atoms with E-state index in [2.05, 4.69) is 4.98 Å². The zero-order valence-corrected chi connectivity index (χ0v) is 21.7. The van der Waals surface area contributed by atoms with E-state index in [-0.39, 0.29) is 30.0 Å². The lowest BCUT2D eigenvalue weighted by Gasteiger charge is -2.21. The lowest BCUT2D eigenvalue weighted by Crippen LogP contribution is -2.36. The molecule has 0 bridgehead atoms. The quantitative estimate of drug-likeness (QED) is 0.359. The van der Waals surface area contributed by atoms with E-state index in [1.807, 2.05) is 78.9 Å². The van der Waals surface area contributed by atoms with Crippen molar-refractivity contribution in [2.24, 2.45) is 0 Å². The number of nitrogens with one attached hydrogen (secondary N) is 1. The molecule has 192 valence electrons. The molecule has 2 aliphatic rings. The average molecular weight is 526 g/mol. The van der Waals surface area contributed by atoms with Crippen molar-refractivity contribution in [3.63, 3.8) is 0 Å². The van der Waals surface area contributed by atoms with Gasteiger partial charge in [-0.05, 0) is 66.6 Å². The van der Waals surface area contributed by atoms with E-state index in [0.717, 1.165) is 41.6 Å². The predicted octanol–water partition coefficient (Wildman–Crippen LogP) is 5.52. The lowest BCUT2D eigenvalue weighted by molar-refractivity contribution is -0.134. The Labute approximate surface area is 226 Å². The summed E-state index contributed by atoms with van der Waals surface area (Å²) in [6, 6.07) is 25.5. The first-order valence-electron chi connectivity index (χ1n) is 13.0. The fraction of sp³-hybridized carbons (Fsp3) is 0.258. The van der Waals surface area contributed by atoms with E-state index in [9.17, 15) is 9.59 Å². The Morgan fingerprint density at radius 1 is 1.00 bits per heavy atom. The van der Waals surface area contributed by atoms with Crippen molar-refractivity contribution >= 4 is 17.5 Å². The van der Waals surface area contributed by atoms with Crippen LogP contribution < -0.4 is 10.3 Å². The number of aromatic amines is 1. The van der Waals surface area contributed by atoms with Crippen LogP contribution in [0.15, 0.2) is 83.7 Å². The molecule has 1 aromatic heterocycles. The van der Waals surface area contributed by atoms with E-state index in [1.54, 1.807) is 4.90 Å². The summed E-state index contributed by atoms with van der Waals surface area (Å²) < 4.78 is 5.87. The zero-order valence-electron chi connectivity index (χ0n) is 21.0. The number of amides is 1. The van der Waals surface area contributed by atoms with Crippen molar-refractivity contribution < 1.29 is 9.53 Å². The summed E-state index contributed by atoms with van der Waals surface area (Å²) in [4.78, 5) is 36.0. The van der Waals surface area contributed by atoms with Gasteiger partial charge in [0.2, 0.25) is 0 Å². The monoisotopic (exact) mass is 525 g/mol. The molecule has 2 heterocycles. The third-order valence-electron chi connectivity index (χ3n) is 7.53. The van der Waals surface area contributed by atoms with Crippen LogP contribution in [0, 0.1) is 0 Å². The number of aryl methyl sites for hydroxylation is 1. The number of fused-ring (bicyclic) bond motifs is 1. The molecule has 1 aliphatic carbocycles. The number of benzene rings is 3. The summed E-state index contributed by atoms with van der Waals surface area (Å²) in [6.45, 7) is 0.694. The molecule has 6 nitrogen and oxygen atoms in total. The molecule has 1 aliphatic heterocycles. The lowest BCUT2D eigenvalue weighted by atomic mass is 9.94. The van der Waals surface area contributed by atoms with Crippen molar-refractivity contribution in [2.75, 3.05) is 13.2 Å². The Balaban J connectivity index is 1.17. The minimum absolute atomic E-state index is 0.0884. The Kier molecular flexibility index (Phi) is 6.50. The molecule has 3 aromatic carbocycles. The smallest absolute Gasteiger partial charge is 0.260 e. The number of hydrogen-bond donors (Lipinski definition) is 1. The maximum atomic E-state index is 13.2. The highest BCUT2D eigenvalue weighted by Gasteiger charge is 2.48. The largest absolute Gasteiger partial charge is 0.484 e. The molecule has 6 rings (SSSR count). The predicted molar refractivity (Wildman–Crippen MR) is 147 cm³/mol. The van der Waals surface area contributed by atoms with Gasteiger partial charge in [-0.15, -0.1) is 0 Å². The van der Waals surface area contributed by atoms with Crippen LogP contribution in [0.1, 0.15) is 41.9 Å². The van der Waals surface area contributed by atoms with E-state index >= 15 is 0 Å². The molecule has 0 atom stereocenters. The van der Waals surface area contributed by atoms with Crippen LogP contribution in [0.25, 0.3) is 11.1 Å². The Bertz CT molecular complexity index is 1550. The standard InChI is InChI=1S/C31H28ClN3O3/c32-24-11-5-10-23(18-24)31(14-15-31)30-33-27-13-6-16-35(19-26(27)29(37)34-30)28(36)20-38-25-12-4-9-22(17-25)21-7-2-1-3-8-21/h1-5,7-12,17-18H,6,13-16,19-20H2,(H,33,34,37). The molecule has 38 heavy (non-hydrogen) atoms. The Morgan fingerprint density at radius 3 is 2.58 bits per heavy atom. The highest BCUT2D eigenvalue weighted by molar-refractivity contribution is 6.30. The molecule has 1 saturated carbocycles. The Morgan fingerprint density at radius 2 is 1.79 bits per heavy atom. The van der Waals surface area contributed by atoms with Gasteiger partial charge in [-0.1, -0.05) is 66.2 Å². The van der Waals surface area contributed by atoms with Gasteiger partial charge in [-0.25, -0.2) is 4.98 Å². The average Bonchev–Trinajstić information content (AvgIpc) is 3.77. The van der Waals surface area contributed by atoms with Gasteiger partial charge >= 0.3 is 0 Å². The first-order valence-corrected chi connectivity index (χ1v) is 13.3. The van der Waals surface area contributed by atoms with Crippen molar-refractivity contribution in [2.45, 2.75) is 37.6 Å². The van der Waals surface area contributed by atoms with Gasteiger partial charge in [0, 0.05) is 11.6 Å². The highest BCUT2D eigenvalue weighted by Crippen LogP contribution is 2.52. The summed E-state index contributed by atoms with van der Waals surface area (Å²) in [6.07, 6.45) is 3.23. The molecule has 1 N–H and O–H groups in total. The van der Waals surface area contributed by atoms with E-state index in [4.69, 9.17) is 21.3 Å². The fourth-order valence-electron chi connectivity index (χ4n) is 5.27. The number of nitrogens with zero attached hydrogens (tertiary/aromatic N) is 2. The van der Waals surface area contributed by atoms with Crippen LogP contribution in [-0.4, -0.2) is 33.9 Å². The molecule has 4 aromatic rings. The van der Waals surface area contributed by atoms with E-state index < -0.39 is 0 Å². The van der Waals surface area contributed by atoms with E-state index in [1.165, 1.54) is 0 Å². The molecule has 0 radical (unpaired) electrons. The summed E-state index contributed by atoms with van der Waals surface area (Å²) in [5, 5.41) is 0.675. The molecular formula is C31H28ClN3O3. The number of hydrogen-bond acceptors (Lipinski definition) is 4. The number of rotatable bonds is 6. The first kappa shape index (κ1) is 24.4. The molecule has 0 saturated heterocycles. The molecule has 0 spiro atoms. The molecule has 7 heteroatoms. The maximum absolute atomic E-state index is 13.2. The van der Waals surface area contributed by atoms with Gasteiger partial charge in [0.1, 0.15) is 11.6 Å². The maximum Gasteiger partial charge on any atom is 0.260 e. The van der Waals surface area contributed by atoms with Gasteiger partial charge < -0.3 is 14.6 Å². The number of halogens is 1. The van der Waals surface area contributed by atoms with Gasteiger partial charge in [0.25, 0.3) is 11.5 Å². The molecule has 0 unspecified atom stereocenters. The van der Waals surface area contributed by atoms with E-state index in [0.29, 0.717) is 35.1 Å². The SMILES string of the molecule is O=C(COc1cccc(-c2ccccc2)c1)N1CCCc2nc(C3(c4cccc(Cl)c4)CC3)[nH]c(=O)c2C1. The summed E-state index contributed by atoms with van der Waals surface area (Å²) in [5.74, 6) is 1.18. The second kappa shape index (κ2) is 10.1. The van der Waals surface area contributed by atoms with Crippen molar-refractivity contribution in [1.82, 2.24) is 14.9 Å². The van der Waals surface area contributed by atoms with Crippen LogP contribution in [0.5, 0.6) is 5.75 Å². The third kappa shape index (κ3) is 4.84. The van der Waals surface area contributed by atoms with Crippen LogP contribution in [0.4, 0.5) is 0 Å². The zero-order chi connectivity index (χ0) is 26.1. The first-order chi connectivity index (χ1) is 18.5. The van der Waals surface area contributed by atoms with Gasteiger partial charge in [-0.2, -0.15) is 0 Å². The summed E-state index contributed by atoms with van der Waals surface area (Å²) in [7, 11) is 0. The topological polar surface area (TPSA) is 75.3 Å². The number of carbonyl (C=O) groups excluding carboxylic acids is 1. The molecule has 1 fully saturated rings. The fourth-order valence-corrected chi connectivity index (χ4v) is 5.46. The Hall–Kier alpha value is -3.90. The minimum Gasteiger partial charge on any atom is -0.484 e. The minimum atomic E-state index is -0.289. The van der Waals surface area contributed by atoms with Crippen LogP contribution in [0.2, 0.25) is 5.02 Å². The van der Waals surface area contributed by atoms with Gasteiger partial charge in [0.15, 0.2) is 6.61 Å². The number of carbonyl (C=O) groups is 1. The van der Waals surface area contributed by atoms with Crippen molar-refractivity contribution in [1.29, 1.82) is 0 Å². The normalized spacial score (nSPS) is 15.9. The van der Waals surface area contributed by atoms with Crippen molar-refractivity contribution in [3.8, 4) is 16.9 Å². The number of aromatic nitrogens is 2. The van der Waals surface area contributed by atoms with Gasteiger partial charge in [-0.3, -0.25) is 9.59 Å². The molecular weight excluding hydrogens is 498 g/mol. The van der Waals surface area contributed by atoms with Crippen LogP contribution in [-0.2, 0) is 23.2 Å². The number of ether oxygens (including phenoxy) is 1. The third-order valence-corrected chi connectivity index (χ3v) is 7.76. The summed E-state index contributed by atoms with van der Waals surface area (Å²) in [5.41, 5.74) is 4.07. The number of H-pyrrole nitrogens is 1. The van der Waals surface area contributed by atoms with Gasteiger partial charge in [0.05, 0.1) is 23.2 Å². The van der Waals surface area contributed by atoms with Crippen LogP contribution >= 0.6 is 11.6 Å². The molecule has 1 amide bonds. The second-order valence-corrected chi connectivity index (χ2v) is 10.5.